The van der Waals surface area contributed by atoms with Gasteiger partial charge in [0.05, 0.1) is 64.6 Å². The van der Waals surface area contributed by atoms with Crippen LogP contribution in [0, 0.1) is 5.92 Å². The van der Waals surface area contributed by atoms with Crippen LogP contribution in [0.3, 0.4) is 0 Å². The molecule has 0 unspecified atom stereocenters. The SMILES string of the molecule is C=C(CC(=O)NCCO)C(=O)OCCCCC.C=C(CC(=O)OCCO)C(=O)OCCCCC.CCCCCOC(=O)CCC(=O)OCCOC(=O)C(C)C. The summed E-state index contributed by atoms with van der Waals surface area (Å²) in [4.78, 5) is 78.8. The zero-order valence-electron chi connectivity index (χ0n) is 33.7. The molecule has 0 aliphatic carbocycles. The fourth-order valence-electron chi connectivity index (χ4n) is 3.57. The van der Waals surface area contributed by atoms with E-state index in [1.54, 1.807) is 13.8 Å². The molecule has 3 N–H and O–H groups in total. The Balaban J connectivity index is -0.000000744. The third kappa shape index (κ3) is 39.2. The molecule has 0 bridgehead atoms. The Morgan fingerprint density at radius 2 is 0.945 bits per heavy atom. The molecular formula is C39H67NO15. The van der Waals surface area contributed by atoms with E-state index in [-0.39, 0.29) is 94.2 Å². The second-order valence-corrected chi connectivity index (χ2v) is 12.2. The topological polar surface area (TPSA) is 227 Å². The molecule has 318 valence electrons. The summed E-state index contributed by atoms with van der Waals surface area (Å²) in [5, 5.41) is 19.4. The summed E-state index contributed by atoms with van der Waals surface area (Å²) in [6.45, 7) is 17.5. The van der Waals surface area contributed by atoms with Gasteiger partial charge in [0.15, 0.2) is 0 Å². The van der Waals surface area contributed by atoms with Crippen LogP contribution in [-0.2, 0) is 62.0 Å². The van der Waals surface area contributed by atoms with Gasteiger partial charge in [0.25, 0.3) is 0 Å². The normalized spacial score (nSPS) is 9.96. The molecule has 55 heavy (non-hydrogen) atoms. The van der Waals surface area contributed by atoms with Gasteiger partial charge in [-0.3, -0.25) is 24.0 Å². The van der Waals surface area contributed by atoms with Crippen molar-refractivity contribution in [1.82, 2.24) is 5.32 Å². The van der Waals surface area contributed by atoms with E-state index in [1.807, 2.05) is 0 Å². The molecule has 0 aromatic carbocycles. The van der Waals surface area contributed by atoms with Crippen molar-refractivity contribution in [3.63, 3.8) is 0 Å². The third-order valence-corrected chi connectivity index (χ3v) is 6.67. The molecule has 0 saturated carbocycles. The maximum atomic E-state index is 11.4. The van der Waals surface area contributed by atoms with E-state index < -0.39 is 29.8 Å². The van der Waals surface area contributed by atoms with E-state index in [2.05, 4.69) is 44.0 Å². The molecule has 0 saturated heterocycles. The highest BCUT2D eigenvalue weighted by atomic mass is 16.6. The average molecular weight is 790 g/mol. The molecule has 0 aliphatic heterocycles. The Labute approximate surface area is 326 Å². The Bertz CT molecular complexity index is 1070. The minimum Gasteiger partial charge on any atom is -0.466 e. The molecule has 16 heteroatoms. The minimum atomic E-state index is -0.588. The van der Waals surface area contributed by atoms with Crippen molar-refractivity contribution in [2.24, 2.45) is 5.92 Å². The number of ether oxygens (including phenoxy) is 6. The maximum absolute atomic E-state index is 11.4. The van der Waals surface area contributed by atoms with Gasteiger partial charge in [0.2, 0.25) is 5.91 Å². The summed E-state index contributed by atoms with van der Waals surface area (Å²) in [6, 6.07) is 0. The zero-order chi connectivity index (χ0) is 42.3. The van der Waals surface area contributed by atoms with Crippen LogP contribution in [-0.4, -0.2) is 111 Å². The number of unbranched alkanes of at least 4 members (excludes halogenated alkanes) is 6. The van der Waals surface area contributed by atoms with E-state index in [0.717, 1.165) is 57.8 Å². The van der Waals surface area contributed by atoms with Crippen LogP contribution in [0.1, 0.15) is 118 Å². The summed E-state index contributed by atoms with van der Waals surface area (Å²) >= 11 is 0. The van der Waals surface area contributed by atoms with Crippen LogP contribution >= 0.6 is 0 Å². The predicted octanol–water partition coefficient (Wildman–Crippen LogP) is 4.22. The van der Waals surface area contributed by atoms with E-state index in [0.29, 0.717) is 19.8 Å². The Morgan fingerprint density at radius 1 is 0.527 bits per heavy atom. The standard InChI is InChI=1S/C15H26O6.C12H21NO4.C12H20O5/c1-4-5-6-9-19-13(16)7-8-14(17)20-10-11-21-15(18)12(2)3;1-3-4-5-8-17-12(16)10(2)9-11(15)13-6-7-14;1-3-4-5-7-17-12(15)10(2)9-11(14)16-8-6-13/h12H,4-11H2,1-3H3;14H,2-9H2,1H3,(H,13,15);13H,2-9H2,1H3. The van der Waals surface area contributed by atoms with Crippen LogP contribution in [0.2, 0.25) is 0 Å². The number of amides is 1. The average Bonchev–Trinajstić information content (AvgIpc) is 3.16. The second kappa shape index (κ2) is 39.4. The number of rotatable bonds is 29. The van der Waals surface area contributed by atoms with Gasteiger partial charge in [-0.05, 0) is 19.3 Å². The van der Waals surface area contributed by atoms with Crippen molar-refractivity contribution in [2.75, 3.05) is 59.4 Å². The Kier molecular flexibility index (Phi) is 39.4. The molecule has 0 aliphatic rings. The van der Waals surface area contributed by atoms with Crippen LogP contribution in [0.4, 0.5) is 0 Å². The third-order valence-electron chi connectivity index (χ3n) is 6.67. The highest BCUT2D eigenvalue weighted by Gasteiger charge is 2.15. The number of carbonyl (C=O) groups excluding carboxylic acids is 7. The molecule has 16 nitrogen and oxygen atoms in total. The highest BCUT2D eigenvalue weighted by Crippen LogP contribution is 2.06. The Hall–Kier alpha value is -4.31. The van der Waals surface area contributed by atoms with Gasteiger partial charge in [-0.2, -0.15) is 0 Å². The molecule has 0 heterocycles. The van der Waals surface area contributed by atoms with Crippen LogP contribution in [0.25, 0.3) is 0 Å². The summed E-state index contributed by atoms with van der Waals surface area (Å²) in [5.41, 5.74) is 0.210. The highest BCUT2D eigenvalue weighted by molar-refractivity contribution is 5.94. The van der Waals surface area contributed by atoms with Gasteiger partial charge >= 0.3 is 35.8 Å². The lowest BCUT2D eigenvalue weighted by Crippen LogP contribution is -2.27. The lowest BCUT2D eigenvalue weighted by Gasteiger charge is -2.08. The number of aliphatic hydroxyl groups is 2. The fourth-order valence-corrected chi connectivity index (χ4v) is 3.57. The van der Waals surface area contributed by atoms with Crippen LogP contribution < -0.4 is 5.32 Å². The van der Waals surface area contributed by atoms with Crippen molar-refractivity contribution in [2.45, 2.75) is 118 Å². The van der Waals surface area contributed by atoms with Crippen molar-refractivity contribution in [1.29, 1.82) is 0 Å². The molecule has 0 rings (SSSR count). The number of carbonyl (C=O) groups is 7. The van der Waals surface area contributed by atoms with Crippen molar-refractivity contribution < 1.29 is 72.2 Å². The van der Waals surface area contributed by atoms with Crippen molar-refractivity contribution >= 4 is 41.7 Å². The largest absolute Gasteiger partial charge is 0.466 e. The van der Waals surface area contributed by atoms with Gasteiger partial charge in [0, 0.05) is 17.7 Å². The molecule has 0 radical (unpaired) electrons. The lowest BCUT2D eigenvalue weighted by atomic mass is 10.2. The molecule has 0 spiro atoms. The Morgan fingerprint density at radius 3 is 1.38 bits per heavy atom. The summed E-state index contributed by atoms with van der Waals surface area (Å²) < 4.78 is 29.1. The fraction of sp³-hybridized carbons (Fsp3) is 0.718. The second-order valence-electron chi connectivity index (χ2n) is 12.2. The van der Waals surface area contributed by atoms with E-state index >= 15 is 0 Å². The molecule has 1 amide bonds. The molecule has 0 fully saturated rings. The minimum absolute atomic E-state index is 0.00282. The smallest absolute Gasteiger partial charge is 0.333 e. The number of hydrogen-bond donors (Lipinski definition) is 3. The molecule has 0 aromatic rings. The first-order valence-corrected chi connectivity index (χ1v) is 19.0. The number of esters is 6. The first-order valence-electron chi connectivity index (χ1n) is 19.0. The molecule has 0 aromatic heterocycles. The van der Waals surface area contributed by atoms with E-state index in [4.69, 9.17) is 33.9 Å². The van der Waals surface area contributed by atoms with Crippen LogP contribution in [0.5, 0.6) is 0 Å². The zero-order valence-corrected chi connectivity index (χ0v) is 33.7. The number of aliphatic hydroxyl groups excluding tert-OH is 2. The van der Waals surface area contributed by atoms with Crippen LogP contribution in [0.15, 0.2) is 24.3 Å². The van der Waals surface area contributed by atoms with Gasteiger partial charge in [-0.25, -0.2) is 9.59 Å². The number of hydrogen-bond acceptors (Lipinski definition) is 15. The lowest BCUT2D eigenvalue weighted by molar-refractivity contribution is -0.155. The van der Waals surface area contributed by atoms with Gasteiger partial charge < -0.3 is 44.0 Å². The first-order chi connectivity index (χ1) is 26.2. The maximum Gasteiger partial charge on any atom is 0.333 e. The quantitative estimate of drug-likeness (QED) is 0.0417. The molecule has 0 atom stereocenters. The predicted molar refractivity (Wildman–Crippen MR) is 203 cm³/mol. The van der Waals surface area contributed by atoms with Gasteiger partial charge in [0.1, 0.15) is 19.8 Å². The van der Waals surface area contributed by atoms with Crippen molar-refractivity contribution in [3.8, 4) is 0 Å². The first kappa shape index (κ1) is 55.0. The van der Waals surface area contributed by atoms with Gasteiger partial charge in [-0.1, -0.05) is 86.3 Å². The molecular weight excluding hydrogens is 722 g/mol. The monoisotopic (exact) mass is 789 g/mol. The van der Waals surface area contributed by atoms with E-state index in [1.165, 1.54) is 0 Å². The summed E-state index contributed by atoms with van der Waals surface area (Å²) in [7, 11) is 0. The number of nitrogens with one attached hydrogen (secondary N) is 1. The van der Waals surface area contributed by atoms with Gasteiger partial charge in [-0.15, -0.1) is 0 Å². The van der Waals surface area contributed by atoms with Crippen molar-refractivity contribution in [3.05, 3.63) is 24.3 Å². The summed E-state index contributed by atoms with van der Waals surface area (Å²) in [5.74, 6) is -3.45. The summed E-state index contributed by atoms with van der Waals surface area (Å²) in [6.07, 6.45) is 8.37. The van der Waals surface area contributed by atoms with E-state index in [9.17, 15) is 33.6 Å².